The van der Waals surface area contributed by atoms with E-state index in [1.807, 2.05) is 30.9 Å². The van der Waals surface area contributed by atoms with Crippen molar-refractivity contribution in [2.24, 2.45) is 0 Å². The number of fused-ring (bicyclic) bond motifs is 3. The standard InChI is InChI=1S/C25H26F3N7O2/c1-15-11-18(16(2)30-20-6-4-3-5-17(20)23(36)37)21-19(12-15)22-32-29-14-35(22)24(31-21)34-9-7-33(8-10-34)13-25(26,27)28/h3-6,11-12,14,16,30H,7-10,13H2,1-2H3,(H,36,37). The van der Waals surface area contributed by atoms with Crippen LogP contribution < -0.4 is 10.2 Å². The monoisotopic (exact) mass is 513 g/mol. The molecule has 1 fully saturated rings. The van der Waals surface area contributed by atoms with E-state index in [0.29, 0.717) is 35.9 Å². The second kappa shape index (κ2) is 9.51. The first-order chi connectivity index (χ1) is 17.6. The summed E-state index contributed by atoms with van der Waals surface area (Å²) in [6.07, 6.45) is -2.67. The molecule has 0 amide bonds. The number of aromatic nitrogens is 4. The lowest BCUT2D eigenvalue weighted by Crippen LogP contribution is -2.49. The van der Waals surface area contributed by atoms with E-state index < -0.39 is 18.7 Å². The highest BCUT2D eigenvalue weighted by Gasteiger charge is 2.33. The first kappa shape index (κ1) is 24.8. The second-order valence-electron chi connectivity index (χ2n) is 9.28. The zero-order chi connectivity index (χ0) is 26.3. The molecule has 1 aliphatic rings. The number of nitrogens with zero attached hydrogens (tertiary/aromatic N) is 6. The third kappa shape index (κ3) is 5.01. The molecule has 0 aliphatic carbocycles. The molecule has 37 heavy (non-hydrogen) atoms. The van der Waals surface area contributed by atoms with E-state index in [0.717, 1.165) is 16.5 Å². The molecule has 0 spiro atoms. The van der Waals surface area contributed by atoms with Crippen LogP contribution >= 0.6 is 0 Å². The highest BCUT2D eigenvalue weighted by Crippen LogP contribution is 2.32. The normalized spacial score (nSPS) is 15.9. The largest absolute Gasteiger partial charge is 0.478 e. The molecule has 2 aromatic carbocycles. The zero-order valence-corrected chi connectivity index (χ0v) is 20.3. The predicted molar refractivity (Wildman–Crippen MR) is 133 cm³/mol. The predicted octanol–water partition coefficient (Wildman–Crippen LogP) is 4.14. The molecule has 5 rings (SSSR count). The van der Waals surface area contributed by atoms with Gasteiger partial charge in [-0.15, -0.1) is 10.2 Å². The number of carbonyl (C=O) groups is 1. The summed E-state index contributed by atoms with van der Waals surface area (Å²) in [6.45, 7) is 4.23. The molecule has 0 bridgehead atoms. The van der Waals surface area contributed by atoms with Crippen LogP contribution in [0.4, 0.5) is 24.8 Å². The number of benzene rings is 2. The van der Waals surface area contributed by atoms with Crippen molar-refractivity contribution in [2.45, 2.75) is 26.1 Å². The van der Waals surface area contributed by atoms with Gasteiger partial charge in [-0.1, -0.05) is 18.2 Å². The number of aryl methyl sites for hydroxylation is 1. The Labute approximate surface area is 210 Å². The Bertz CT molecular complexity index is 1460. The van der Waals surface area contributed by atoms with Crippen LogP contribution in [0, 0.1) is 6.92 Å². The number of piperazine rings is 1. The van der Waals surface area contributed by atoms with E-state index in [1.54, 1.807) is 35.0 Å². The minimum atomic E-state index is -4.24. The number of para-hydroxylation sites is 1. The van der Waals surface area contributed by atoms with Crippen LogP contribution in [-0.4, -0.2) is 74.5 Å². The smallest absolute Gasteiger partial charge is 0.401 e. The van der Waals surface area contributed by atoms with Crippen molar-refractivity contribution in [3.8, 4) is 0 Å². The van der Waals surface area contributed by atoms with Crippen LogP contribution in [0.2, 0.25) is 0 Å². The number of halogens is 3. The highest BCUT2D eigenvalue weighted by atomic mass is 19.4. The number of anilines is 2. The van der Waals surface area contributed by atoms with Crippen molar-refractivity contribution in [1.82, 2.24) is 24.5 Å². The van der Waals surface area contributed by atoms with E-state index in [1.165, 1.54) is 4.90 Å². The highest BCUT2D eigenvalue weighted by molar-refractivity contribution is 5.96. The number of nitrogens with one attached hydrogen (secondary N) is 1. The Morgan fingerprint density at radius 2 is 1.89 bits per heavy atom. The average Bonchev–Trinajstić information content (AvgIpc) is 3.33. The van der Waals surface area contributed by atoms with Crippen molar-refractivity contribution in [3.05, 3.63) is 59.4 Å². The second-order valence-corrected chi connectivity index (χ2v) is 9.28. The van der Waals surface area contributed by atoms with Crippen molar-refractivity contribution >= 4 is 34.2 Å². The van der Waals surface area contributed by atoms with Crippen molar-refractivity contribution in [2.75, 3.05) is 42.9 Å². The topological polar surface area (TPSA) is 98.9 Å². The molecule has 1 atom stereocenters. The summed E-state index contributed by atoms with van der Waals surface area (Å²) < 4.78 is 40.3. The number of alkyl halides is 3. The molecule has 3 heterocycles. The van der Waals surface area contributed by atoms with Gasteiger partial charge in [0.2, 0.25) is 5.95 Å². The van der Waals surface area contributed by atoms with E-state index in [9.17, 15) is 23.1 Å². The summed E-state index contributed by atoms with van der Waals surface area (Å²) in [7, 11) is 0. The summed E-state index contributed by atoms with van der Waals surface area (Å²) in [5.74, 6) is -0.470. The molecule has 12 heteroatoms. The lowest BCUT2D eigenvalue weighted by atomic mass is 10.0. The fraction of sp³-hybridized carbons (Fsp3) is 0.360. The number of aromatic carboxylic acids is 1. The quantitative estimate of drug-likeness (QED) is 0.397. The number of carboxylic acids is 1. The van der Waals surface area contributed by atoms with Gasteiger partial charge in [0.15, 0.2) is 5.65 Å². The van der Waals surface area contributed by atoms with Gasteiger partial charge in [-0.05, 0) is 37.6 Å². The summed E-state index contributed by atoms with van der Waals surface area (Å²) in [5, 5.41) is 22.1. The molecule has 1 unspecified atom stereocenters. The maximum Gasteiger partial charge on any atom is 0.401 e. The van der Waals surface area contributed by atoms with Crippen molar-refractivity contribution in [3.63, 3.8) is 0 Å². The molecule has 1 aliphatic heterocycles. The Hall–Kier alpha value is -3.93. The molecule has 4 aromatic rings. The average molecular weight is 514 g/mol. The Kier molecular flexibility index (Phi) is 6.36. The Morgan fingerprint density at radius 3 is 2.59 bits per heavy atom. The van der Waals surface area contributed by atoms with Gasteiger partial charge in [0.05, 0.1) is 23.7 Å². The van der Waals surface area contributed by atoms with E-state index in [4.69, 9.17) is 4.98 Å². The lowest BCUT2D eigenvalue weighted by molar-refractivity contribution is -0.146. The van der Waals surface area contributed by atoms with E-state index in [-0.39, 0.29) is 24.7 Å². The van der Waals surface area contributed by atoms with Crippen LogP contribution in [0.3, 0.4) is 0 Å². The van der Waals surface area contributed by atoms with Gasteiger partial charge in [0.1, 0.15) is 6.33 Å². The molecule has 1 saturated heterocycles. The lowest BCUT2D eigenvalue weighted by Gasteiger charge is -2.35. The fourth-order valence-corrected chi connectivity index (χ4v) is 4.84. The first-order valence-corrected chi connectivity index (χ1v) is 11.9. The number of carboxylic acid groups (broad SMARTS) is 1. The molecular weight excluding hydrogens is 487 g/mol. The van der Waals surface area contributed by atoms with Gasteiger partial charge >= 0.3 is 12.1 Å². The Balaban J connectivity index is 1.54. The Morgan fingerprint density at radius 1 is 1.16 bits per heavy atom. The number of hydrogen-bond acceptors (Lipinski definition) is 7. The third-order valence-electron chi connectivity index (χ3n) is 6.55. The molecular formula is C25H26F3N7O2. The summed E-state index contributed by atoms with van der Waals surface area (Å²) >= 11 is 0. The number of hydrogen-bond donors (Lipinski definition) is 2. The third-order valence-corrected chi connectivity index (χ3v) is 6.55. The van der Waals surface area contributed by atoms with E-state index >= 15 is 0 Å². The van der Waals surface area contributed by atoms with Crippen molar-refractivity contribution < 1.29 is 23.1 Å². The maximum absolute atomic E-state index is 12.9. The summed E-state index contributed by atoms with van der Waals surface area (Å²) in [6, 6.07) is 10.4. The van der Waals surface area contributed by atoms with Gasteiger partial charge in [-0.2, -0.15) is 13.2 Å². The molecule has 0 radical (unpaired) electrons. The SMILES string of the molecule is Cc1cc(C(C)Nc2ccccc2C(=O)O)c2nc(N3CCN(CC(F)(F)F)CC3)n3cnnc3c2c1. The molecule has 0 saturated carbocycles. The van der Waals surface area contributed by atoms with Crippen LogP contribution in [-0.2, 0) is 0 Å². The van der Waals surface area contributed by atoms with Gasteiger partial charge in [-0.3, -0.25) is 9.30 Å². The minimum absolute atomic E-state index is 0.163. The van der Waals surface area contributed by atoms with Crippen LogP contribution in [0.15, 0.2) is 42.7 Å². The van der Waals surface area contributed by atoms with Gasteiger partial charge < -0.3 is 15.3 Å². The summed E-state index contributed by atoms with van der Waals surface area (Å²) in [4.78, 5) is 20.0. The zero-order valence-electron chi connectivity index (χ0n) is 20.3. The van der Waals surface area contributed by atoms with E-state index in [2.05, 4.69) is 15.5 Å². The van der Waals surface area contributed by atoms with Crippen LogP contribution in [0.1, 0.15) is 34.5 Å². The van der Waals surface area contributed by atoms with Gasteiger partial charge in [0, 0.05) is 42.8 Å². The van der Waals surface area contributed by atoms with Crippen molar-refractivity contribution in [1.29, 1.82) is 0 Å². The summed E-state index contributed by atoms with van der Waals surface area (Å²) in [5.41, 5.74) is 3.74. The molecule has 9 nitrogen and oxygen atoms in total. The van der Waals surface area contributed by atoms with Crippen LogP contribution in [0.5, 0.6) is 0 Å². The molecule has 2 aromatic heterocycles. The van der Waals surface area contributed by atoms with Crippen LogP contribution in [0.25, 0.3) is 16.6 Å². The fourth-order valence-electron chi connectivity index (χ4n) is 4.84. The number of rotatable bonds is 6. The molecule has 2 N–H and O–H groups in total. The van der Waals surface area contributed by atoms with Gasteiger partial charge in [-0.25, -0.2) is 9.78 Å². The maximum atomic E-state index is 12.9. The first-order valence-electron chi connectivity index (χ1n) is 11.9. The minimum Gasteiger partial charge on any atom is -0.478 e. The van der Waals surface area contributed by atoms with Gasteiger partial charge in [0.25, 0.3) is 0 Å². The molecule has 194 valence electrons.